The molecular formula is C27H22Br2S. The minimum absolute atomic E-state index is 0.131. The summed E-state index contributed by atoms with van der Waals surface area (Å²) in [7, 11) is 0. The van der Waals surface area contributed by atoms with Gasteiger partial charge in [-0.3, -0.25) is 0 Å². The molecule has 0 nitrogen and oxygen atoms in total. The van der Waals surface area contributed by atoms with Gasteiger partial charge >= 0.3 is 0 Å². The van der Waals surface area contributed by atoms with Crippen LogP contribution in [0.4, 0.5) is 0 Å². The highest BCUT2D eigenvalue weighted by Gasteiger charge is 2.47. The maximum atomic E-state index is 3.74. The first-order valence-electron chi connectivity index (χ1n) is 10.1. The maximum Gasteiger partial charge on any atom is 0.0807 e. The molecule has 0 bridgehead atoms. The van der Waals surface area contributed by atoms with Gasteiger partial charge in [-0.05, 0) is 74.5 Å². The molecule has 0 fully saturated rings. The second-order valence-corrected chi connectivity index (χ2v) is 11.7. The molecule has 4 aromatic rings. The van der Waals surface area contributed by atoms with Crippen LogP contribution in [0, 0.1) is 0 Å². The molecule has 0 radical (unpaired) electrons. The van der Waals surface area contributed by atoms with Crippen LogP contribution in [0.1, 0.15) is 47.9 Å². The zero-order valence-corrected chi connectivity index (χ0v) is 21.2. The summed E-state index contributed by atoms with van der Waals surface area (Å²) in [5.41, 5.74) is 7.80. The van der Waals surface area contributed by atoms with Crippen LogP contribution in [0.2, 0.25) is 0 Å². The van der Waals surface area contributed by atoms with Crippen molar-refractivity contribution >= 4 is 43.2 Å². The molecule has 0 saturated carbocycles. The van der Waals surface area contributed by atoms with Crippen LogP contribution in [0.3, 0.4) is 0 Å². The van der Waals surface area contributed by atoms with Crippen molar-refractivity contribution in [1.29, 1.82) is 0 Å². The molecule has 1 aliphatic rings. The minimum atomic E-state index is -0.317. The fourth-order valence-corrected chi connectivity index (χ4v) is 6.40. The average molecular weight is 538 g/mol. The number of fused-ring (bicyclic) bond motifs is 3. The quantitative estimate of drug-likeness (QED) is 0.211. The van der Waals surface area contributed by atoms with Crippen LogP contribution < -0.4 is 0 Å². The number of hydrogen-bond donors (Lipinski definition) is 0. The normalized spacial score (nSPS) is 14.4. The highest BCUT2D eigenvalue weighted by atomic mass is 79.9. The molecule has 0 N–H and O–H groups in total. The lowest BCUT2D eigenvalue weighted by Gasteiger charge is -2.33. The van der Waals surface area contributed by atoms with E-state index < -0.39 is 0 Å². The summed E-state index contributed by atoms with van der Waals surface area (Å²) in [4.78, 5) is 1.35. The van der Waals surface area contributed by atoms with E-state index in [1.54, 1.807) is 0 Å². The van der Waals surface area contributed by atoms with Gasteiger partial charge in [-0.1, -0.05) is 95.1 Å². The number of thiophene rings is 1. The summed E-state index contributed by atoms with van der Waals surface area (Å²) in [5.74, 6) is 0. The Bertz CT molecular complexity index is 1180. The molecule has 0 spiro atoms. The minimum Gasteiger partial charge on any atom is -0.147 e. The first kappa shape index (κ1) is 20.2. The van der Waals surface area contributed by atoms with Crippen molar-refractivity contribution in [2.45, 2.75) is 31.6 Å². The second-order valence-electron chi connectivity index (χ2n) is 8.93. The first-order chi connectivity index (χ1) is 14.3. The molecule has 3 aromatic carbocycles. The Hall–Kier alpha value is -1.68. The highest BCUT2D eigenvalue weighted by molar-refractivity contribution is 9.10. The average Bonchev–Trinajstić information content (AvgIpc) is 3.32. The molecule has 0 amide bonds. The summed E-state index contributed by atoms with van der Waals surface area (Å²) in [6.07, 6.45) is 0. The summed E-state index contributed by atoms with van der Waals surface area (Å²) in [5, 5.41) is 2.19. The van der Waals surface area contributed by atoms with Gasteiger partial charge in [-0.15, -0.1) is 11.3 Å². The predicted octanol–water partition coefficient (Wildman–Crippen LogP) is 8.93. The first-order valence-corrected chi connectivity index (χ1v) is 12.5. The van der Waals surface area contributed by atoms with E-state index in [4.69, 9.17) is 0 Å². The topological polar surface area (TPSA) is 0 Å². The molecule has 1 aliphatic carbocycles. The third-order valence-corrected chi connectivity index (χ3v) is 8.11. The van der Waals surface area contributed by atoms with Crippen molar-refractivity contribution < 1.29 is 0 Å². The molecule has 30 heavy (non-hydrogen) atoms. The van der Waals surface area contributed by atoms with E-state index in [1.165, 1.54) is 38.3 Å². The van der Waals surface area contributed by atoms with Gasteiger partial charge in [-0.2, -0.15) is 0 Å². The molecule has 5 rings (SSSR count). The van der Waals surface area contributed by atoms with Gasteiger partial charge in [0.1, 0.15) is 0 Å². The van der Waals surface area contributed by atoms with Crippen LogP contribution in [0.15, 0.2) is 87.1 Å². The van der Waals surface area contributed by atoms with Gasteiger partial charge in [0.15, 0.2) is 0 Å². The van der Waals surface area contributed by atoms with Crippen molar-refractivity contribution in [3.63, 3.8) is 0 Å². The third kappa shape index (κ3) is 2.97. The van der Waals surface area contributed by atoms with E-state index in [9.17, 15) is 0 Å². The largest absolute Gasteiger partial charge is 0.147 e. The smallest absolute Gasteiger partial charge is 0.0807 e. The molecule has 1 aromatic heterocycles. The lowest BCUT2D eigenvalue weighted by atomic mass is 9.70. The van der Waals surface area contributed by atoms with Crippen LogP contribution in [0.5, 0.6) is 0 Å². The monoisotopic (exact) mass is 536 g/mol. The predicted molar refractivity (Wildman–Crippen MR) is 136 cm³/mol. The fourth-order valence-electron chi connectivity index (χ4n) is 4.70. The molecule has 0 aliphatic heterocycles. The summed E-state index contributed by atoms with van der Waals surface area (Å²) in [6, 6.07) is 27.1. The van der Waals surface area contributed by atoms with Crippen molar-refractivity contribution in [2.24, 2.45) is 0 Å². The van der Waals surface area contributed by atoms with Crippen LogP contribution in [-0.2, 0) is 10.8 Å². The maximum absolute atomic E-state index is 3.74. The number of rotatable bonds is 2. The third-order valence-electron chi connectivity index (χ3n) is 6.14. The Labute approximate surface area is 199 Å². The fraction of sp³-hybridized carbons (Fsp3) is 0.185. The Morgan fingerprint density at radius 1 is 0.733 bits per heavy atom. The molecule has 3 heteroatoms. The standard InChI is InChI=1S/C27H22Br2S/c1-26(2,3)17-6-8-18(9-7-17)27(25-5-4-14-30-25)23-15-19(28)10-12-21(23)22-13-11-20(29)16-24(22)27/h4-16H,1-3H3. The van der Waals surface area contributed by atoms with E-state index in [-0.39, 0.29) is 10.8 Å². The second kappa shape index (κ2) is 7.19. The zero-order chi connectivity index (χ0) is 21.1. The van der Waals surface area contributed by atoms with Gasteiger partial charge in [-0.25, -0.2) is 0 Å². The summed E-state index contributed by atoms with van der Waals surface area (Å²) < 4.78 is 2.22. The lowest BCUT2D eigenvalue weighted by Crippen LogP contribution is -2.27. The van der Waals surface area contributed by atoms with Gasteiger partial charge in [0.05, 0.1) is 5.41 Å². The Kier molecular flexibility index (Phi) is 4.85. The van der Waals surface area contributed by atoms with Crippen LogP contribution >= 0.6 is 43.2 Å². The van der Waals surface area contributed by atoms with Gasteiger partial charge in [0, 0.05) is 13.8 Å². The van der Waals surface area contributed by atoms with Crippen LogP contribution in [0.25, 0.3) is 11.1 Å². The van der Waals surface area contributed by atoms with Gasteiger partial charge in [0.25, 0.3) is 0 Å². The Morgan fingerprint density at radius 3 is 1.77 bits per heavy atom. The Balaban J connectivity index is 1.89. The number of benzene rings is 3. The van der Waals surface area contributed by atoms with Crippen molar-refractivity contribution in [2.75, 3.05) is 0 Å². The Morgan fingerprint density at radius 2 is 1.30 bits per heavy atom. The highest BCUT2D eigenvalue weighted by Crippen LogP contribution is 2.58. The molecular weight excluding hydrogens is 516 g/mol. The van der Waals surface area contributed by atoms with E-state index in [0.29, 0.717) is 0 Å². The number of hydrogen-bond acceptors (Lipinski definition) is 1. The summed E-state index contributed by atoms with van der Waals surface area (Å²) >= 11 is 9.32. The zero-order valence-electron chi connectivity index (χ0n) is 17.2. The number of halogens is 2. The molecule has 150 valence electrons. The molecule has 0 saturated heterocycles. The van der Waals surface area contributed by atoms with Gasteiger partial charge in [0.2, 0.25) is 0 Å². The van der Waals surface area contributed by atoms with Gasteiger partial charge < -0.3 is 0 Å². The molecule has 1 heterocycles. The summed E-state index contributed by atoms with van der Waals surface area (Å²) in [6.45, 7) is 6.81. The SMILES string of the molecule is CC(C)(C)c1ccc(C2(c3cccs3)c3cc(Br)ccc3-c3ccc(Br)cc32)cc1. The van der Waals surface area contributed by atoms with E-state index in [2.05, 4.69) is 131 Å². The van der Waals surface area contributed by atoms with E-state index in [1.807, 2.05) is 11.3 Å². The van der Waals surface area contributed by atoms with E-state index >= 15 is 0 Å². The van der Waals surface area contributed by atoms with Crippen molar-refractivity contribution in [3.05, 3.63) is 114 Å². The van der Waals surface area contributed by atoms with E-state index in [0.717, 1.165) is 8.95 Å². The molecule has 0 unspecified atom stereocenters. The van der Waals surface area contributed by atoms with Crippen molar-refractivity contribution in [1.82, 2.24) is 0 Å². The molecule has 0 atom stereocenters. The lowest BCUT2D eigenvalue weighted by molar-refractivity contribution is 0.589. The van der Waals surface area contributed by atoms with Crippen molar-refractivity contribution in [3.8, 4) is 11.1 Å². The van der Waals surface area contributed by atoms with Crippen LogP contribution in [-0.4, -0.2) is 0 Å².